The van der Waals surface area contributed by atoms with Gasteiger partial charge in [0, 0.05) is 32.0 Å². The number of hydrogen-bond donors (Lipinski definition) is 2. The molecule has 5 heteroatoms. The topological polar surface area (TPSA) is 52.6 Å². The van der Waals surface area contributed by atoms with Crippen molar-refractivity contribution >= 4 is 17.8 Å². The first kappa shape index (κ1) is 16.2. The minimum atomic E-state index is -0.0246. The van der Waals surface area contributed by atoms with Crippen molar-refractivity contribution in [2.24, 2.45) is 5.92 Å². The molecule has 0 radical (unpaired) electrons. The summed E-state index contributed by atoms with van der Waals surface area (Å²) >= 11 is 1.79. The molecule has 2 amide bonds. The van der Waals surface area contributed by atoms with Gasteiger partial charge >= 0.3 is 6.03 Å². The Morgan fingerprint density at radius 2 is 2.29 bits per heavy atom. The molecule has 1 aliphatic rings. The molecule has 1 aliphatic heterocycles. The number of hydrogen-bond acceptors (Lipinski definition) is 3. The lowest BCUT2D eigenvalue weighted by Gasteiger charge is -2.31. The predicted molar refractivity (Wildman–Crippen MR) is 87.3 cm³/mol. The average Bonchev–Trinajstić information content (AvgIpc) is 2.53. The van der Waals surface area contributed by atoms with Crippen LogP contribution in [0.4, 0.5) is 4.79 Å². The van der Waals surface area contributed by atoms with Crippen molar-refractivity contribution in [3.63, 3.8) is 0 Å². The summed E-state index contributed by atoms with van der Waals surface area (Å²) < 4.78 is 0. The van der Waals surface area contributed by atoms with E-state index in [1.54, 1.807) is 11.8 Å². The van der Waals surface area contributed by atoms with E-state index in [-0.39, 0.29) is 18.6 Å². The number of carbonyl (C=O) groups is 1. The van der Waals surface area contributed by atoms with Crippen molar-refractivity contribution in [3.05, 3.63) is 35.4 Å². The Labute approximate surface area is 130 Å². The predicted octanol–water partition coefficient (Wildman–Crippen LogP) is 2.46. The van der Waals surface area contributed by atoms with Gasteiger partial charge in [-0.2, -0.15) is 11.8 Å². The van der Waals surface area contributed by atoms with Gasteiger partial charge < -0.3 is 15.3 Å². The first-order valence-electron chi connectivity index (χ1n) is 7.43. The fourth-order valence-corrected chi connectivity index (χ4v) is 3.20. The molecule has 0 unspecified atom stereocenters. The van der Waals surface area contributed by atoms with E-state index in [9.17, 15) is 9.90 Å². The van der Waals surface area contributed by atoms with Crippen LogP contribution in [0.1, 0.15) is 24.0 Å². The lowest BCUT2D eigenvalue weighted by molar-refractivity contribution is 0.129. The van der Waals surface area contributed by atoms with Crippen molar-refractivity contribution in [1.29, 1.82) is 0 Å². The van der Waals surface area contributed by atoms with Crippen LogP contribution in [0.2, 0.25) is 0 Å². The van der Waals surface area contributed by atoms with Gasteiger partial charge in [0.2, 0.25) is 0 Å². The zero-order valence-electron chi connectivity index (χ0n) is 12.5. The van der Waals surface area contributed by atoms with Crippen LogP contribution in [0.15, 0.2) is 24.3 Å². The fraction of sp³-hybridized carbons (Fsp3) is 0.562. The SMILES string of the molecule is CSCc1cccc(CNC(=O)N2CCC[C@H](CO)C2)c1. The Kier molecular flexibility index (Phi) is 6.39. The van der Waals surface area contributed by atoms with Gasteiger partial charge in [-0.1, -0.05) is 24.3 Å². The summed E-state index contributed by atoms with van der Waals surface area (Å²) in [6.07, 6.45) is 4.07. The van der Waals surface area contributed by atoms with Crippen LogP contribution in [-0.4, -0.2) is 42.0 Å². The fourth-order valence-electron chi connectivity index (χ4n) is 2.68. The van der Waals surface area contributed by atoms with Gasteiger partial charge in [-0.05, 0) is 36.1 Å². The number of likely N-dealkylation sites (tertiary alicyclic amines) is 1. The van der Waals surface area contributed by atoms with Crippen molar-refractivity contribution in [2.45, 2.75) is 25.1 Å². The molecule has 1 heterocycles. The normalized spacial score (nSPS) is 18.6. The number of aliphatic hydroxyl groups is 1. The summed E-state index contributed by atoms with van der Waals surface area (Å²) in [6, 6.07) is 8.30. The number of rotatable bonds is 5. The molecule has 0 spiro atoms. The molecule has 1 saturated heterocycles. The van der Waals surface area contributed by atoms with Crippen molar-refractivity contribution < 1.29 is 9.90 Å². The van der Waals surface area contributed by atoms with E-state index < -0.39 is 0 Å². The summed E-state index contributed by atoms with van der Waals surface area (Å²) in [4.78, 5) is 14.0. The first-order chi connectivity index (χ1) is 10.2. The second-order valence-electron chi connectivity index (χ2n) is 5.55. The molecule has 2 rings (SSSR count). The molecule has 0 aromatic heterocycles. The Morgan fingerprint density at radius 1 is 1.48 bits per heavy atom. The third kappa shape index (κ3) is 4.93. The zero-order chi connectivity index (χ0) is 15.1. The van der Waals surface area contributed by atoms with E-state index in [1.807, 2.05) is 17.0 Å². The van der Waals surface area contributed by atoms with Gasteiger partial charge in [0.05, 0.1) is 0 Å². The third-order valence-electron chi connectivity index (χ3n) is 3.81. The molecule has 0 saturated carbocycles. The van der Waals surface area contributed by atoms with E-state index in [2.05, 4.69) is 23.7 Å². The van der Waals surface area contributed by atoms with Crippen LogP contribution < -0.4 is 5.32 Å². The smallest absolute Gasteiger partial charge is 0.317 e. The average molecular weight is 308 g/mol. The molecule has 4 nitrogen and oxygen atoms in total. The number of urea groups is 1. The molecule has 1 atom stereocenters. The molecule has 1 fully saturated rings. The van der Waals surface area contributed by atoms with Gasteiger partial charge in [0.25, 0.3) is 0 Å². The van der Waals surface area contributed by atoms with Crippen molar-refractivity contribution in [3.8, 4) is 0 Å². The van der Waals surface area contributed by atoms with E-state index in [1.165, 1.54) is 5.56 Å². The van der Waals surface area contributed by atoms with Gasteiger partial charge in [-0.15, -0.1) is 0 Å². The third-order valence-corrected chi connectivity index (χ3v) is 4.43. The second-order valence-corrected chi connectivity index (χ2v) is 6.41. The molecule has 1 aromatic rings. The highest BCUT2D eigenvalue weighted by Crippen LogP contribution is 2.16. The number of thioether (sulfide) groups is 1. The van der Waals surface area contributed by atoms with Crippen LogP contribution >= 0.6 is 11.8 Å². The second kappa shape index (κ2) is 8.29. The van der Waals surface area contributed by atoms with Crippen molar-refractivity contribution in [1.82, 2.24) is 10.2 Å². The minimum Gasteiger partial charge on any atom is -0.396 e. The highest BCUT2D eigenvalue weighted by Gasteiger charge is 2.22. The van der Waals surface area contributed by atoms with E-state index in [4.69, 9.17) is 0 Å². The standard InChI is InChI=1S/C16H24N2O2S/c1-21-12-14-5-2-4-13(8-14)9-17-16(20)18-7-3-6-15(10-18)11-19/h2,4-5,8,15,19H,3,6-7,9-12H2,1H3,(H,17,20)/t15-/m0/s1. The summed E-state index contributed by atoms with van der Waals surface area (Å²) in [5, 5.41) is 12.2. The molecule has 1 aromatic carbocycles. The maximum absolute atomic E-state index is 12.2. The van der Waals surface area contributed by atoms with E-state index in [0.717, 1.165) is 30.7 Å². The number of benzene rings is 1. The van der Waals surface area contributed by atoms with E-state index in [0.29, 0.717) is 13.1 Å². The number of aliphatic hydroxyl groups excluding tert-OH is 1. The van der Waals surface area contributed by atoms with Crippen LogP contribution in [0, 0.1) is 5.92 Å². The molecule has 0 aliphatic carbocycles. The Hall–Kier alpha value is -1.20. The number of nitrogens with one attached hydrogen (secondary N) is 1. The molecule has 21 heavy (non-hydrogen) atoms. The summed E-state index contributed by atoms with van der Waals surface area (Å²) in [5.74, 6) is 1.22. The number of nitrogens with zero attached hydrogens (tertiary/aromatic N) is 1. The quantitative estimate of drug-likeness (QED) is 0.878. The number of carbonyl (C=O) groups excluding carboxylic acids is 1. The molecular weight excluding hydrogens is 284 g/mol. The summed E-state index contributed by atoms with van der Waals surface area (Å²) in [5.41, 5.74) is 2.41. The Bertz CT molecular complexity index is 467. The maximum Gasteiger partial charge on any atom is 0.317 e. The van der Waals surface area contributed by atoms with Gasteiger partial charge in [-0.3, -0.25) is 0 Å². The summed E-state index contributed by atoms with van der Waals surface area (Å²) in [7, 11) is 0. The zero-order valence-corrected chi connectivity index (χ0v) is 13.4. The lowest BCUT2D eigenvalue weighted by atomic mass is 9.99. The molecular formula is C16H24N2O2S. The highest BCUT2D eigenvalue weighted by atomic mass is 32.2. The Morgan fingerprint density at radius 3 is 3.05 bits per heavy atom. The first-order valence-corrected chi connectivity index (χ1v) is 8.82. The minimum absolute atomic E-state index is 0.0246. The largest absolute Gasteiger partial charge is 0.396 e. The lowest BCUT2D eigenvalue weighted by Crippen LogP contribution is -2.45. The Balaban J connectivity index is 1.84. The molecule has 0 bridgehead atoms. The van der Waals surface area contributed by atoms with Gasteiger partial charge in [0.1, 0.15) is 0 Å². The monoisotopic (exact) mass is 308 g/mol. The number of amides is 2. The van der Waals surface area contributed by atoms with Crippen LogP contribution in [0.3, 0.4) is 0 Å². The van der Waals surface area contributed by atoms with E-state index >= 15 is 0 Å². The molecule has 116 valence electrons. The van der Waals surface area contributed by atoms with Crippen molar-refractivity contribution in [2.75, 3.05) is 26.0 Å². The molecule has 2 N–H and O–H groups in total. The van der Waals surface area contributed by atoms with Gasteiger partial charge in [0.15, 0.2) is 0 Å². The van der Waals surface area contributed by atoms with Crippen LogP contribution in [-0.2, 0) is 12.3 Å². The maximum atomic E-state index is 12.2. The number of piperidine rings is 1. The van der Waals surface area contributed by atoms with Crippen LogP contribution in [0.5, 0.6) is 0 Å². The highest BCUT2D eigenvalue weighted by molar-refractivity contribution is 7.97. The van der Waals surface area contributed by atoms with Gasteiger partial charge in [-0.25, -0.2) is 4.79 Å². The van der Waals surface area contributed by atoms with Crippen LogP contribution in [0.25, 0.3) is 0 Å². The summed E-state index contributed by atoms with van der Waals surface area (Å²) in [6.45, 7) is 2.17.